The molecule has 2 rings (SSSR count). The quantitative estimate of drug-likeness (QED) is 0.930. The topological polar surface area (TPSA) is 29.3 Å². The van der Waals surface area contributed by atoms with Gasteiger partial charge in [-0.05, 0) is 39.9 Å². The van der Waals surface area contributed by atoms with Crippen LogP contribution in [-0.2, 0) is 0 Å². The highest BCUT2D eigenvalue weighted by molar-refractivity contribution is 9.11. The van der Waals surface area contributed by atoms with Gasteiger partial charge in [0.15, 0.2) is 0 Å². The lowest BCUT2D eigenvalue weighted by Gasteiger charge is -2.25. The van der Waals surface area contributed by atoms with Gasteiger partial charge in [-0.25, -0.2) is 0 Å². The molecular formula is C12H19BrN2S. The van der Waals surface area contributed by atoms with Crippen LogP contribution in [0.5, 0.6) is 0 Å². The molecule has 0 radical (unpaired) electrons. The standard InChI is InChI=1S/C12H19BrN2S/c1-8-6-15(7-9(8)2)10(5-14)11-3-4-12(13)16-11/h3-4,8-10H,5-7,14H2,1-2H3. The summed E-state index contributed by atoms with van der Waals surface area (Å²) in [5, 5.41) is 0. The second-order valence-corrected chi connectivity index (χ2v) is 7.30. The molecule has 1 saturated heterocycles. The zero-order valence-electron chi connectivity index (χ0n) is 9.82. The van der Waals surface area contributed by atoms with E-state index in [0.717, 1.165) is 11.8 Å². The van der Waals surface area contributed by atoms with E-state index in [2.05, 4.69) is 46.8 Å². The fraction of sp³-hybridized carbons (Fsp3) is 0.667. The van der Waals surface area contributed by atoms with E-state index in [-0.39, 0.29) is 0 Å². The Labute approximate surface area is 110 Å². The average Bonchev–Trinajstić information content (AvgIpc) is 2.77. The summed E-state index contributed by atoms with van der Waals surface area (Å²) in [5.41, 5.74) is 5.93. The summed E-state index contributed by atoms with van der Waals surface area (Å²) >= 11 is 5.33. The summed E-state index contributed by atoms with van der Waals surface area (Å²) in [6.07, 6.45) is 0. The van der Waals surface area contributed by atoms with Gasteiger partial charge in [0.1, 0.15) is 0 Å². The van der Waals surface area contributed by atoms with E-state index in [1.165, 1.54) is 21.8 Å². The van der Waals surface area contributed by atoms with Crippen molar-refractivity contribution in [2.24, 2.45) is 17.6 Å². The Kier molecular flexibility index (Phi) is 4.06. The van der Waals surface area contributed by atoms with Crippen LogP contribution in [0.25, 0.3) is 0 Å². The molecule has 4 heteroatoms. The number of nitrogens with zero attached hydrogens (tertiary/aromatic N) is 1. The SMILES string of the molecule is CC1CN(C(CN)c2ccc(Br)s2)CC1C. The van der Waals surface area contributed by atoms with Crippen molar-refractivity contribution in [3.63, 3.8) is 0 Å². The summed E-state index contributed by atoms with van der Waals surface area (Å²) in [7, 11) is 0. The van der Waals surface area contributed by atoms with Gasteiger partial charge in [-0.15, -0.1) is 11.3 Å². The first kappa shape index (κ1) is 12.6. The van der Waals surface area contributed by atoms with E-state index >= 15 is 0 Å². The normalized spacial score (nSPS) is 28.5. The van der Waals surface area contributed by atoms with Crippen molar-refractivity contribution in [1.29, 1.82) is 0 Å². The number of hydrogen-bond donors (Lipinski definition) is 1. The van der Waals surface area contributed by atoms with Crippen LogP contribution in [0.3, 0.4) is 0 Å². The molecule has 0 saturated carbocycles. The fourth-order valence-electron chi connectivity index (χ4n) is 2.38. The molecule has 90 valence electrons. The highest BCUT2D eigenvalue weighted by Crippen LogP contribution is 2.34. The van der Waals surface area contributed by atoms with Crippen molar-refractivity contribution in [2.75, 3.05) is 19.6 Å². The van der Waals surface area contributed by atoms with E-state index < -0.39 is 0 Å². The zero-order valence-corrected chi connectivity index (χ0v) is 12.2. The Morgan fingerprint density at radius 3 is 2.50 bits per heavy atom. The molecule has 2 N–H and O–H groups in total. The Morgan fingerprint density at radius 2 is 2.06 bits per heavy atom. The third kappa shape index (κ3) is 2.50. The molecule has 3 unspecified atom stereocenters. The molecule has 0 spiro atoms. The molecule has 0 aliphatic carbocycles. The minimum Gasteiger partial charge on any atom is -0.329 e. The molecule has 0 bridgehead atoms. The largest absolute Gasteiger partial charge is 0.329 e. The molecule has 0 amide bonds. The maximum absolute atomic E-state index is 5.93. The molecule has 1 aromatic rings. The lowest BCUT2D eigenvalue weighted by atomic mass is 10.0. The predicted molar refractivity (Wildman–Crippen MR) is 73.7 cm³/mol. The Balaban J connectivity index is 2.12. The van der Waals surface area contributed by atoms with Crippen molar-refractivity contribution in [3.05, 3.63) is 20.8 Å². The molecule has 1 fully saturated rings. The second-order valence-electron chi connectivity index (χ2n) is 4.80. The van der Waals surface area contributed by atoms with Crippen LogP contribution in [-0.4, -0.2) is 24.5 Å². The van der Waals surface area contributed by atoms with Crippen LogP contribution in [0.4, 0.5) is 0 Å². The van der Waals surface area contributed by atoms with E-state index in [9.17, 15) is 0 Å². The minimum atomic E-state index is 0.406. The van der Waals surface area contributed by atoms with Crippen LogP contribution in [0.1, 0.15) is 24.8 Å². The molecule has 1 aliphatic rings. The maximum Gasteiger partial charge on any atom is 0.0702 e. The van der Waals surface area contributed by atoms with E-state index in [1.54, 1.807) is 11.3 Å². The number of halogens is 1. The Bertz CT molecular complexity index is 343. The first-order valence-electron chi connectivity index (χ1n) is 5.81. The second kappa shape index (κ2) is 5.17. The molecule has 1 aromatic heterocycles. The summed E-state index contributed by atoms with van der Waals surface area (Å²) in [6, 6.07) is 4.72. The first-order chi connectivity index (χ1) is 7.61. The van der Waals surface area contributed by atoms with Gasteiger partial charge in [0.2, 0.25) is 0 Å². The van der Waals surface area contributed by atoms with Crippen LogP contribution in [0, 0.1) is 11.8 Å². The smallest absolute Gasteiger partial charge is 0.0702 e. The van der Waals surface area contributed by atoms with Crippen molar-refractivity contribution in [3.8, 4) is 0 Å². The lowest BCUT2D eigenvalue weighted by Crippen LogP contribution is -2.31. The predicted octanol–water partition coefficient (Wildman–Crippen LogP) is 3.10. The Hall–Kier alpha value is 0.1000. The summed E-state index contributed by atoms with van der Waals surface area (Å²) in [4.78, 5) is 3.92. The van der Waals surface area contributed by atoms with Crippen molar-refractivity contribution < 1.29 is 0 Å². The van der Waals surface area contributed by atoms with Crippen LogP contribution in [0.2, 0.25) is 0 Å². The van der Waals surface area contributed by atoms with E-state index in [1.807, 2.05) is 0 Å². The van der Waals surface area contributed by atoms with Gasteiger partial charge in [-0.2, -0.15) is 0 Å². The molecule has 3 atom stereocenters. The first-order valence-corrected chi connectivity index (χ1v) is 7.42. The number of hydrogen-bond acceptors (Lipinski definition) is 3. The highest BCUT2D eigenvalue weighted by Gasteiger charge is 2.31. The summed E-state index contributed by atoms with van der Waals surface area (Å²) < 4.78 is 1.20. The lowest BCUT2D eigenvalue weighted by molar-refractivity contribution is 0.243. The highest BCUT2D eigenvalue weighted by atomic mass is 79.9. The summed E-state index contributed by atoms with van der Waals surface area (Å²) in [6.45, 7) is 7.74. The fourth-order valence-corrected chi connectivity index (χ4v) is 3.95. The van der Waals surface area contributed by atoms with Gasteiger partial charge in [0.05, 0.1) is 9.83 Å². The van der Waals surface area contributed by atoms with Crippen molar-refractivity contribution in [1.82, 2.24) is 4.90 Å². The van der Waals surface area contributed by atoms with Gasteiger partial charge in [0.25, 0.3) is 0 Å². The molecule has 16 heavy (non-hydrogen) atoms. The Morgan fingerprint density at radius 1 is 1.44 bits per heavy atom. The molecule has 0 aromatic carbocycles. The number of rotatable bonds is 3. The molecule has 2 heterocycles. The zero-order chi connectivity index (χ0) is 11.7. The van der Waals surface area contributed by atoms with Crippen LogP contribution < -0.4 is 5.73 Å². The van der Waals surface area contributed by atoms with Gasteiger partial charge < -0.3 is 5.73 Å². The van der Waals surface area contributed by atoms with Crippen molar-refractivity contribution >= 4 is 27.3 Å². The van der Waals surface area contributed by atoms with Crippen LogP contribution >= 0.6 is 27.3 Å². The minimum absolute atomic E-state index is 0.406. The van der Waals surface area contributed by atoms with Gasteiger partial charge in [-0.1, -0.05) is 13.8 Å². The van der Waals surface area contributed by atoms with Gasteiger partial charge in [0, 0.05) is 24.5 Å². The molecule has 2 nitrogen and oxygen atoms in total. The third-order valence-electron chi connectivity index (χ3n) is 3.60. The molecule has 1 aliphatic heterocycles. The van der Waals surface area contributed by atoms with E-state index in [0.29, 0.717) is 12.6 Å². The average molecular weight is 303 g/mol. The monoisotopic (exact) mass is 302 g/mol. The number of nitrogens with two attached hydrogens (primary N) is 1. The van der Waals surface area contributed by atoms with Gasteiger partial charge in [-0.3, -0.25) is 4.90 Å². The van der Waals surface area contributed by atoms with Crippen LogP contribution in [0.15, 0.2) is 15.9 Å². The third-order valence-corrected chi connectivity index (χ3v) is 5.33. The molecular weight excluding hydrogens is 284 g/mol. The number of likely N-dealkylation sites (tertiary alicyclic amines) is 1. The van der Waals surface area contributed by atoms with Crippen molar-refractivity contribution in [2.45, 2.75) is 19.9 Å². The number of thiophene rings is 1. The maximum atomic E-state index is 5.93. The summed E-state index contributed by atoms with van der Waals surface area (Å²) in [5.74, 6) is 1.58. The van der Waals surface area contributed by atoms with Gasteiger partial charge >= 0.3 is 0 Å². The van der Waals surface area contributed by atoms with E-state index in [4.69, 9.17) is 5.73 Å².